The topological polar surface area (TPSA) is 62.3 Å². The third-order valence-corrected chi connectivity index (χ3v) is 6.77. The van der Waals surface area contributed by atoms with Crippen molar-refractivity contribution in [3.8, 4) is 5.75 Å². The van der Waals surface area contributed by atoms with Gasteiger partial charge in [0.1, 0.15) is 5.75 Å². The Bertz CT molecular complexity index is 1030. The summed E-state index contributed by atoms with van der Waals surface area (Å²) in [5.74, 6) is 0.562. The van der Waals surface area contributed by atoms with Crippen LogP contribution < -0.4 is 9.64 Å². The molecule has 3 aliphatic heterocycles. The van der Waals surface area contributed by atoms with Gasteiger partial charge in [-0.05, 0) is 38.0 Å². The summed E-state index contributed by atoms with van der Waals surface area (Å²) in [4.78, 5) is 32.3. The number of hydrogen-bond acceptors (Lipinski definition) is 6. The van der Waals surface area contributed by atoms with E-state index in [1.807, 2.05) is 37.3 Å². The highest BCUT2D eigenvalue weighted by Crippen LogP contribution is 2.33. The summed E-state index contributed by atoms with van der Waals surface area (Å²) in [6.45, 7) is 7.92. The van der Waals surface area contributed by atoms with Crippen molar-refractivity contribution in [1.29, 1.82) is 0 Å². The Morgan fingerprint density at radius 1 is 1.00 bits per heavy atom. The van der Waals surface area contributed by atoms with E-state index in [0.29, 0.717) is 30.9 Å². The number of para-hydroxylation sites is 1. The molecule has 3 aliphatic rings. The lowest BCUT2D eigenvalue weighted by molar-refractivity contribution is 0.0475. The highest BCUT2D eigenvalue weighted by atomic mass is 16.5. The second-order valence-electron chi connectivity index (χ2n) is 8.86. The number of amides is 2. The number of hydrogen-bond donors (Lipinski definition) is 0. The predicted molar refractivity (Wildman–Crippen MR) is 126 cm³/mol. The van der Waals surface area contributed by atoms with Crippen molar-refractivity contribution in [2.45, 2.75) is 32.4 Å². The Kier molecular flexibility index (Phi) is 6.33. The minimum atomic E-state index is -0.196. The van der Waals surface area contributed by atoms with Crippen LogP contribution in [-0.2, 0) is 11.3 Å². The van der Waals surface area contributed by atoms with Gasteiger partial charge < -0.3 is 14.4 Å². The first-order chi connectivity index (χ1) is 16.2. The molecule has 3 heterocycles. The Morgan fingerprint density at radius 2 is 1.82 bits per heavy atom. The summed E-state index contributed by atoms with van der Waals surface area (Å²) in [7, 11) is 0. The number of ether oxygens (including phenoxy) is 2. The predicted octanol–water partition coefficient (Wildman–Crippen LogP) is 3.18. The van der Waals surface area contributed by atoms with Gasteiger partial charge in [-0.2, -0.15) is 0 Å². The molecule has 5 rings (SSSR count). The quantitative estimate of drug-likeness (QED) is 0.605. The van der Waals surface area contributed by atoms with Crippen LogP contribution in [0, 0.1) is 0 Å². The van der Waals surface area contributed by atoms with Crippen molar-refractivity contribution in [3.05, 3.63) is 59.2 Å². The average Bonchev–Trinajstić information content (AvgIpc) is 3.44. The number of carbonyl (C=O) groups is 2. The van der Waals surface area contributed by atoms with Gasteiger partial charge in [-0.1, -0.05) is 24.3 Å². The number of rotatable bonds is 7. The first-order valence-electron chi connectivity index (χ1n) is 11.9. The fourth-order valence-corrected chi connectivity index (χ4v) is 5.06. The van der Waals surface area contributed by atoms with Crippen LogP contribution in [0.4, 0.5) is 5.69 Å². The first kappa shape index (κ1) is 21.9. The largest absolute Gasteiger partial charge is 0.494 e. The molecule has 7 nitrogen and oxygen atoms in total. The molecule has 7 heteroatoms. The lowest BCUT2D eigenvalue weighted by Crippen LogP contribution is -2.46. The van der Waals surface area contributed by atoms with Gasteiger partial charge in [-0.25, -0.2) is 0 Å². The standard InChI is InChI=1S/C26H31N3O4/c1-2-32-23-11-4-3-7-19(23)17-27-12-14-28(15-13-27)22-10-5-9-21-24(22)26(31)29(25(21)30)18-20-8-6-16-33-20/h3-5,7,9-11,20H,2,6,8,12-18H2,1H3/t20-/m0/s1. The van der Waals surface area contributed by atoms with Crippen molar-refractivity contribution < 1.29 is 19.1 Å². The monoisotopic (exact) mass is 449 g/mol. The van der Waals surface area contributed by atoms with E-state index in [9.17, 15) is 9.59 Å². The van der Waals surface area contributed by atoms with Crippen molar-refractivity contribution in [1.82, 2.24) is 9.80 Å². The zero-order valence-electron chi connectivity index (χ0n) is 19.2. The second-order valence-corrected chi connectivity index (χ2v) is 8.86. The number of anilines is 1. The zero-order chi connectivity index (χ0) is 22.8. The molecule has 0 bridgehead atoms. The maximum atomic E-state index is 13.3. The van der Waals surface area contributed by atoms with Gasteiger partial charge in [0.15, 0.2) is 0 Å². The maximum Gasteiger partial charge on any atom is 0.263 e. The number of nitrogens with zero attached hydrogens (tertiary/aromatic N) is 3. The van der Waals surface area contributed by atoms with E-state index in [-0.39, 0.29) is 17.9 Å². The van der Waals surface area contributed by atoms with Gasteiger partial charge in [-0.15, -0.1) is 0 Å². The van der Waals surface area contributed by atoms with Crippen LogP contribution in [-0.4, -0.2) is 73.7 Å². The van der Waals surface area contributed by atoms with E-state index < -0.39 is 0 Å². The minimum Gasteiger partial charge on any atom is -0.494 e. The smallest absolute Gasteiger partial charge is 0.263 e. The number of benzene rings is 2. The molecule has 33 heavy (non-hydrogen) atoms. The fraction of sp³-hybridized carbons (Fsp3) is 0.462. The van der Waals surface area contributed by atoms with Crippen LogP contribution in [0.15, 0.2) is 42.5 Å². The molecule has 2 aromatic rings. The molecule has 0 N–H and O–H groups in total. The fourth-order valence-electron chi connectivity index (χ4n) is 5.06. The summed E-state index contributed by atoms with van der Waals surface area (Å²) in [5, 5.41) is 0. The Balaban J connectivity index is 1.27. The molecule has 2 fully saturated rings. The Morgan fingerprint density at radius 3 is 2.58 bits per heavy atom. The number of imide groups is 1. The average molecular weight is 450 g/mol. The van der Waals surface area contributed by atoms with Gasteiger partial charge in [0.2, 0.25) is 0 Å². The van der Waals surface area contributed by atoms with Crippen molar-refractivity contribution in [2.24, 2.45) is 0 Å². The second kappa shape index (κ2) is 9.53. The van der Waals surface area contributed by atoms with Crippen molar-refractivity contribution >= 4 is 17.5 Å². The van der Waals surface area contributed by atoms with Crippen LogP contribution in [0.5, 0.6) is 5.75 Å². The summed E-state index contributed by atoms with van der Waals surface area (Å²) in [6.07, 6.45) is 1.84. The Hall–Kier alpha value is -2.90. The Labute approximate surface area is 194 Å². The molecule has 2 saturated heterocycles. The summed E-state index contributed by atoms with van der Waals surface area (Å²) >= 11 is 0. The van der Waals surface area contributed by atoms with E-state index in [0.717, 1.165) is 57.0 Å². The summed E-state index contributed by atoms with van der Waals surface area (Å²) in [5.41, 5.74) is 3.13. The summed E-state index contributed by atoms with van der Waals surface area (Å²) in [6, 6.07) is 13.8. The zero-order valence-corrected chi connectivity index (χ0v) is 19.2. The number of carbonyl (C=O) groups excluding carboxylic acids is 2. The van der Waals surface area contributed by atoms with Gasteiger partial charge in [0.05, 0.1) is 36.1 Å². The van der Waals surface area contributed by atoms with E-state index in [1.165, 1.54) is 10.5 Å². The lowest BCUT2D eigenvalue weighted by atomic mass is 10.1. The lowest BCUT2D eigenvalue weighted by Gasteiger charge is -2.37. The molecule has 1 atom stereocenters. The van der Waals surface area contributed by atoms with Crippen LogP contribution >= 0.6 is 0 Å². The third kappa shape index (κ3) is 4.35. The maximum absolute atomic E-state index is 13.3. The van der Waals surface area contributed by atoms with Crippen LogP contribution in [0.1, 0.15) is 46.0 Å². The summed E-state index contributed by atoms with van der Waals surface area (Å²) < 4.78 is 11.4. The minimum absolute atomic E-state index is 0.0428. The SMILES string of the molecule is CCOc1ccccc1CN1CCN(c2cccc3c2C(=O)N(C[C@@H]2CCCO2)C3=O)CC1. The van der Waals surface area contributed by atoms with Crippen molar-refractivity contribution in [2.75, 3.05) is 50.8 Å². The van der Waals surface area contributed by atoms with E-state index in [2.05, 4.69) is 15.9 Å². The normalized spacial score (nSPS) is 21.1. The molecule has 0 saturated carbocycles. The number of fused-ring (bicyclic) bond motifs is 1. The van der Waals surface area contributed by atoms with Crippen molar-refractivity contribution in [3.63, 3.8) is 0 Å². The molecule has 2 amide bonds. The molecule has 0 aromatic heterocycles. The van der Waals surface area contributed by atoms with Gasteiger partial charge in [-0.3, -0.25) is 19.4 Å². The molecule has 0 radical (unpaired) electrons. The van der Waals surface area contributed by atoms with Gasteiger partial charge in [0.25, 0.3) is 11.8 Å². The van der Waals surface area contributed by atoms with Gasteiger partial charge in [0, 0.05) is 44.9 Å². The highest BCUT2D eigenvalue weighted by molar-refractivity contribution is 6.23. The van der Waals surface area contributed by atoms with E-state index >= 15 is 0 Å². The van der Waals surface area contributed by atoms with Crippen LogP contribution in [0.3, 0.4) is 0 Å². The number of piperazine rings is 1. The molecule has 2 aromatic carbocycles. The highest BCUT2D eigenvalue weighted by Gasteiger charge is 2.40. The molecule has 0 spiro atoms. The van der Waals surface area contributed by atoms with Crippen LogP contribution in [0.2, 0.25) is 0 Å². The third-order valence-electron chi connectivity index (χ3n) is 6.77. The van der Waals surface area contributed by atoms with E-state index in [1.54, 1.807) is 6.07 Å². The first-order valence-corrected chi connectivity index (χ1v) is 11.9. The molecular weight excluding hydrogens is 418 g/mol. The van der Waals surface area contributed by atoms with Crippen LogP contribution in [0.25, 0.3) is 0 Å². The molecular formula is C26H31N3O4. The molecule has 0 aliphatic carbocycles. The van der Waals surface area contributed by atoms with E-state index in [4.69, 9.17) is 9.47 Å². The van der Waals surface area contributed by atoms with Gasteiger partial charge >= 0.3 is 0 Å². The molecule has 0 unspecified atom stereocenters. The molecule has 174 valence electrons.